The number of rotatable bonds is 13. The molecule has 0 saturated carbocycles. The summed E-state index contributed by atoms with van der Waals surface area (Å²) in [6.07, 6.45) is -7.56. The zero-order valence-electron chi connectivity index (χ0n) is 59.5. The molecule has 7 aliphatic rings. The Morgan fingerprint density at radius 1 is 0.434 bits per heavy atom. The molecule has 0 aromatic carbocycles. The van der Waals surface area contributed by atoms with Crippen molar-refractivity contribution < 1.29 is 77.2 Å². The predicted octanol–water partition coefficient (Wildman–Crippen LogP) is 8.33. The van der Waals surface area contributed by atoms with Crippen molar-refractivity contribution in [1.29, 1.82) is 0 Å². The van der Waals surface area contributed by atoms with E-state index in [1.54, 1.807) is 77.8 Å². The first kappa shape index (κ1) is 81.7. The highest BCUT2D eigenvalue weighted by molar-refractivity contribution is 6.62. The molecule has 578 valence electrons. The van der Waals surface area contributed by atoms with Crippen LogP contribution in [0, 0.1) is 0 Å². The average Bonchev–Trinajstić information content (AvgIpc) is 1.57. The van der Waals surface area contributed by atoms with Crippen molar-refractivity contribution in [2.24, 2.45) is 9.98 Å². The highest BCUT2D eigenvalue weighted by atomic mass is 35.5. The van der Waals surface area contributed by atoms with Crippen LogP contribution < -0.4 is 40.6 Å². The average molecular weight is 1520 g/mol. The molecular weight excluding hydrogens is 1430 g/mol. The van der Waals surface area contributed by atoms with Gasteiger partial charge in [0.15, 0.2) is 11.6 Å². The molecule has 13 heterocycles. The molecular formula is C67H89BClF9N20O8. The first-order valence-electron chi connectivity index (χ1n) is 33.9. The summed E-state index contributed by atoms with van der Waals surface area (Å²) in [4.78, 5) is 62.4. The SMILES string of the molecule is C.CN(C)C=Nc1cc(C(F)(F)F)c(-c2cc(N3CCOCC3)nc(N3CCOCC3)n2)cn1.CN(C)C=Nc1cc(C(F)(F)F)c(B2OC(C)(C)C(C)(C)O2)cn1.Clc1cc(N2CCOCC2)nc(N2CCOCC2)n1.Nc1cc(C(F)(F)F)c(-c2cc(N3CCOCC3)nc(N3CCOCC3)n2)cn1. The Hall–Kier alpha value is -8.37. The van der Waals surface area contributed by atoms with Gasteiger partial charge in [0.1, 0.15) is 28.4 Å². The molecule has 7 fully saturated rings. The fourth-order valence-electron chi connectivity index (χ4n) is 11.2. The number of anilines is 7. The van der Waals surface area contributed by atoms with Crippen LogP contribution in [0.15, 0.2) is 65.0 Å². The van der Waals surface area contributed by atoms with E-state index in [-0.39, 0.29) is 52.9 Å². The second kappa shape index (κ2) is 36.0. The Morgan fingerprint density at radius 2 is 0.745 bits per heavy atom. The fourth-order valence-corrected chi connectivity index (χ4v) is 11.4. The Morgan fingerprint density at radius 3 is 1.10 bits per heavy atom. The molecule has 28 nitrogen and oxygen atoms in total. The molecule has 7 aliphatic heterocycles. The number of alkyl halides is 9. The molecule has 13 rings (SSSR count). The van der Waals surface area contributed by atoms with Gasteiger partial charge >= 0.3 is 25.6 Å². The lowest BCUT2D eigenvalue weighted by atomic mass is 9.77. The summed E-state index contributed by atoms with van der Waals surface area (Å²) in [5, 5.41) is 0.484. The van der Waals surface area contributed by atoms with E-state index < -0.39 is 53.5 Å². The van der Waals surface area contributed by atoms with Crippen LogP contribution in [-0.2, 0) is 56.3 Å². The lowest BCUT2D eigenvalue weighted by molar-refractivity contribution is -0.137. The van der Waals surface area contributed by atoms with Crippen molar-refractivity contribution in [2.45, 2.75) is 64.9 Å². The van der Waals surface area contributed by atoms with Crippen molar-refractivity contribution in [2.75, 3.05) is 221 Å². The van der Waals surface area contributed by atoms with Gasteiger partial charge in [0, 0.05) is 160 Å². The van der Waals surface area contributed by atoms with E-state index in [4.69, 9.17) is 55.1 Å². The van der Waals surface area contributed by atoms with Gasteiger partial charge in [-0.1, -0.05) is 19.0 Å². The molecule has 0 spiro atoms. The van der Waals surface area contributed by atoms with Crippen LogP contribution in [0.4, 0.5) is 92.3 Å². The second-order valence-electron chi connectivity index (χ2n) is 26.1. The highest BCUT2D eigenvalue weighted by Crippen LogP contribution is 2.42. The molecule has 0 aliphatic carbocycles. The van der Waals surface area contributed by atoms with Gasteiger partial charge in [0.2, 0.25) is 17.8 Å². The zero-order valence-corrected chi connectivity index (χ0v) is 60.3. The molecule has 39 heteroatoms. The van der Waals surface area contributed by atoms with E-state index in [0.29, 0.717) is 153 Å². The van der Waals surface area contributed by atoms with Crippen LogP contribution in [0.25, 0.3) is 22.5 Å². The summed E-state index contributed by atoms with van der Waals surface area (Å²) in [6.45, 7) is 22.1. The summed E-state index contributed by atoms with van der Waals surface area (Å²) >= 11 is 6.12. The minimum Gasteiger partial charge on any atom is -0.399 e. The number of aliphatic imine (C=N–C) groups is 2. The van der Waals surface area contributed by atoms with Crippen molar-refractivity contribution in [3.8, 4) is 22.5 Å². The number of pyridine rings is 3. The van der Waals surface area contributed by atoms with E-state index in [1.165, 1.54) is 18.9 Å². The van der Waals surface area contributed by atoms with Crippen LogP contribution >= 0.6 is 11.6 Å². The first-order valence-corrected chi connectivity index (χ1v) is 34.3. The summed E-state index contributed by atoms with van der Waals surface area (Å²) in [6, 6.07) is 7.65. The van der Waals surface area contributed by atoms with Gasteiger partial charge in [-0.15, -0.1) is 0 Å². The Bertz CT molecular complexity index is 3790. The minimum atomic E-state index is -4.61. The molecule has 0 amide bonds. The molecule has 2 N–H and O–H groups in total. The number of hydrogen-bond donors (Lipinski definition) is 1. The van der Waals surface area contributed by atoms with E-state index >= 15 is 0 Å². The molecule has 0 unspecified atom stereocenters. The second-order valence-corrected chi connectivity index (χ2v) is 26.5. The molecule has 7 saturated heterocycles. The maximum absolute atomic E-state index is 14.0. The van der Waals surface area contributed by atoms with Crippen LogP contribution in [-0.4, -0.2) is 272 Å². The van der Waals surface area contributed by atoms with Gasteiger partial charge in [0.05, 0.1) is 131 Å². The first-order chi connectivity index (χ1) is 49.9. The third kappa shape index (κ3) is 21.9. The molecule has 0 atom stereocenters. The summed E-state index contributed by atoms with van der Waals surface area (Å²) in [5.41, 5.74) is 1.40. The third-order valence-corrected chi connectivity index (χ3v) is 17.7. The highest BCUT2D eigenvalue weighted by Gasteiger charge is 2.54. The largest absolute Gasteiger partial charge is 0.497 e. The monoisotopic (exact) mass is 1520 g/mol. The van der Waals surface area contributed by atoms with E-state index in [9.17, 15) is 39.5 Å². The fraction of sp³-hybridized carbons (Fsp3) is 0.567. The molecule has 6 aromatic heterocycles. The van der Waals surface area contributed by atoms with Crippen LogP contribution in [0.3, 0.4) is 0 Å². The van der Waals surface area contributed by atoms with Crippen molar-refractivity contribution in [3.63, 3.8) is 0 Å². The quantitative estimate of drug-likeness (QED) is 0.0374. The van der Waals surface area contributed by atoms with Gasteiger partial charge < -0.3 is 82.7 Å². The maximum Gasteiger partial charge on any atom is 0.497 e. The van der Waals surface area contributed by atoms with Crippen LogP contribution in [0.1, 0.15) is 51.8 Å². The number of ether oxygens (including phenoxy) is 6. The number of aromatic nitrogens is 9. The van der Waals surface area contributed by atoms with E-state index in [1.807, 2.05) is 25.7 Å². The van der Waals surface area contributed by atoms with Crippen LogP contribution in [0.5, 0.6) is 0 Å². The van der Waals surface area contributed by atoms with E-state index in [0.717, 1.165) is 75.8 Å². The standard InChI is InChI=1S/C21H26F3N7O2.C18H21F3N6O2.C15H21BF3N3O2.C12H17ClN4O2.CH4/c1-29(2)14-26-18-11-16(21(22,23)24)15(13-25-18)17-12-19(30-3-7-32-8-4-30)28-20(27-17)31-5-9-33-10-6-31;19-18(20,21)13-9-15(22)23-11-12(13)14-10-16(26-1-5-28-6-2-26)25-17(24-14)27-3-7-29-8-4-27;1-13(2)14(3,4)24-16(23-13)11-8-20-12(21-9-22(5)6)7-10(11)15(17,18)19;13-10-9-11(16-1-5-18-6-2-16)15-12(14-10)17-3-7-19-8-4-17;/h11-14H,3-10H2,1-2H3;9-11H,1-8H2,(H2,22,23);7-9H,1-6H3;9H,1-8H2;1H4. The van der Waals surface area contributed by atoms with Gasteiger partial charge in [-0.2, -0.15) is 54.5 Å². The number of morpholine rings is 6. The predicted molar refractivity (Wildman–Crippen MR) is 386 cm³/mol. The van der Waals surface area contributed by atoms with Crippen molar-refractivity contribution >= 4 is 89.6 Å². The molecule has 106 heavy (non-hydrogen) atoms. The van der Waals surface area contributed by atoms with Crippen molar-refractivity contribution in [1.82, 2.24) is 54.7 Å². The number of hydrogen-bond acceptors (Lipinski definition) is 26. The van der Waals surface area contributed by atoms with Gasteiger partial charge in [0.25, 0.3) is 0 Å². The lowest BCUT2D eigenvalue weighted by Gasteiger charge is -2.32. The Balaban J connectivity index is 0.000000166. The lowest BCUT2D eigenvalue weighted by Crippen LogP contribution is -2.41. The van der Waals surface area contributed by atoms with Crippen molar-refractivity contribution in [3.05, 3.63) is 76.8 Å². The van der Waals surface area contributed by atoms with Gasteiger partial charge in [-0.05, 0) is 45.9 Å². The molecule has 0 bridgehead atoms. The van der Waals surface area contributed by atoms with Crippen LogP contribution in [0.2, 0.25) is 5.15 Å². The Labute approximate surface area is 614 Å². The number of nitrogens with two attached hydrogens (primary N) is 1. The summed E-state index contributed by atoms with van der Waals surface area (Å²) < 4.78 is 167. The summed E-state index contributed by atoms with van der Waals surface area (Å²) in [7, 11) is 5.75. The number of halogens is 10. The van der Waals surface area contributed by atoms with E-state index in [2.05, 4.69) is 64.6 Å². The van der Waals surface area contributed by atoms with Gasteiger partial charge in [-0.25, -0.2) is 39.9 Å². The smallest absolute Gasteiger partial charge is 0.399 e. The maximum atomic E-state index is 14.0. The normalized spacial score (nSPS) is 18.7. The Kier molecular flexibility index (Phi) is 27.8. The summed E-state index contributed by atoms with van der Waals surface area (Å²) in [5.74, 6) is 3.18. The number of nitrogen functional groups attached to an aromatic ring is 1. The zero-order chi connectivity index (χ0) is 75.3. The number of nitrogens with zero attached hydrogens (tertiary/aromatic N) is 19. The van der Waals surface area contributed by atoms with Gasteiger partial charge in [-0.3, -0.25) is 0 Å². The topological polar surface area (TPSA) is 267 Å². The minimum absolute atomic E-state index is 0. The molecule has 0 radical (unpaired) electrons. The third-order valence-electron chi connectivity index (χ3n) is 17.5. The molecule has 6 aromatic rings.